The van der Waals surface area contributed by atoms with E-state index in [4.69, 9.17) is 18.9 Å². The summed E-state index contributed by atoms with van der Waals surface area (Å²) in [6, 6.07) is 13.3. The first kappa shape index (κ1) is 20.2. The molecule has 6 nitrogen and oxygen atoms in total. The van der Waals surface area contributed by atoms with E-state index in [1.807, 2.05) is 50.2 Å². The van der Waals surface area contributed by atoms with Crippen molar-refractivity contribution in [3.05, 3.63) is 64.7 Å². The van der Waals surface area contributed by atoms with E-state index in [0.29, 0.717) is 23.4 Å². The molecular formula is C24H26N2O4. The number of para-hydroxylation sites is 1. The van der Waals surface area contributed by atoms with E-state index in [1.54, 1.807) is 13.2 Å². The molecule has 3 aromatic rings. The third-order valence-electron chi connectivity index (χ3n) is 5.52. The first-order valence-electron chi connectivity index (χ1n) is 10.2. The van der Waals surface area contributed by atoms with Crippen LogP contribution < -0.4 is 15.6 Å². The van der Waals surface area contributed by atoms with Crippen molar-refractivity contribution in [3.63, 3.8) is 0 Å². The van der Waals surface area contributed by atoms with Gasteiger partial charge in [-0.3, -0.25) is 4.79 Å². The maximum absolute atomic E-state index is 13.0. The lowest BCUT2D eigenvalue weighted by Crippen LogP contribution is -2.34. The van der Waals surface area contributed by atoms with Crippen LogP contribution in [0.5, 0.6) is 5.75 Å². The number of benzene rings is 2. The summed E-state index contributed by atoms with van der Waals surface area (Å²) in [6.07, 6.45) is 2.05. The normalized spacial score (nSPS) is 16.8. The third kappa shape index (κ3) is 4.09. The molecule has 1 amide bonds. The van der Waals surface area contributed by atoms with Gasteiger partial charge in [-0.15, -0.1) is 0 Å². The summed E-state index contributed by atoms with van der Waals surface area (Å²) in [6.45, 7) is 5.26. The number of ether oxygens (including phenoxy) is 2. The van der Waals surface area contributed by atoms with Crippen molar-refractivity contribution < 1.29 is 18.7 Å². The SMILES string of the molecule is COc1cccc2cc(C(=O)NC[C@H]3CCCO3)c(=Nc3cccc(C)c3C)oc12. The second-order valence-corrected chi connectivity index (χ2v) is 7.52. The molecule has 1 aliphatic rings. The van der Waals surface area contributed by atoms with Crippen LogP contribution in [0.25, 0.3) is 11.0 Å². The molecule has 0 saturated carbocycles. The van der Waals surface area contributed by atoms with Gasteiger partial charge < -0.3 is 19.2 Å². The highest BCUT2D eigenvalue weighted by Crippen LogP contribution is 2.26. The molecule has 0 aliphatic carbocycles. The maximum atomic E-state index is 13.0. The van der Waals surface area contributed by atoms with Gasteiger partial charge in [-0.1, -0.05) is 24.3 Å². The maximum Gasteiger partial charge on any atom is 0.256 e. The van der Waals surface area contributed by atoms with Crippen LogP contribution in [-0.2, 0) is 4.74 Å². The summed E-state index contributed by atoms with van der Waals surface area (Å²) >= 11 is 0. The number of aryl methyl sites for hydroxylation is 1. The Labute approximate surface area is 175 Å². The minimum absolute atomic E-state index is 0.0610. The summed E-state index contributed by atoms with van der Waals surface area (Å²) in [5.74, 6) is 0.360. The summed E-state index contributed by atoms with van der Waals surface area (Å²) < 4.78 is 17.2. The van der Waals surface area contributed by atoms with Gasteiger partial charge in [0.15, 0.2) is 11.3 Å². The second kappa shape index (κ2) is 8.71. The minimum atomic E-state index is -0.233. The van der Waals surface area contributed by atoms with Crippen molar-refractivity contribution in [1.29, 1.82) is 0 Å². The molecule has 1 atom stereocenters. The van der Waals surface area contributed by atoms with Gasteiger partial charge >= 0.3 is 0 Å². The lowest BCUT2D eigenvalue weighted by Gasteiger charge is -2.12. The van der Waals surface area contributed by atoms with Crippen LogP contribution in [-0.4, -0.2) is 32.3 Å². The van der Waals surface area contributed by atoms with Gasteiger partial charge in [0.2, 0.25) is 5.55 Å². The van der Waals surface area contributed by atoms with Crippen molar-refractivity contribution in [3.8, 4) is 5.75 Å². The Morgan fingerprint density at radius 3 is 2.83 bits per heavy atom. The third-order valence-corrected chi connectivity index (χ3v) is 5.52. The van der Waals surface area contributed by atoms with Crippen LogP contribution in [0.3, 0.4) is 0 Å². The molecule has 0 radical (unpaired) electrons. The van der Waals surface area contributed by atoms with E-state index in [1.165, 1.54) is 0 Å². The molecule has 1 fully saturated rings. The van der Waals surface area contributed by atoms with Crippen LogP contribution in [0.15, 0.2) is 51.9 Å². The van der Waals surface area contributed by atoms with E-state index in [0.717, 1.165) is 41.6 Å². The Bertz CT molecular complexity index is 1140. The van der Waals surface area contributed by atoms with Crippen LogP contribution in [0.1, 0.15) is 34.3 Å². The first-order valence-corrected chi connectivity index (χ1v) is 10.2. The number of fused-ring (bicyclic) bond motifs is 1. The molecule has 2 heterocycles. The van der Waals surface area contributed by atoms with Crippen molar-refractivity contribution in [2.75, 3.05) is 20.3 Å². The van der Waals surface area contributed by atoms with Crippen molar-refractivity contribution in [1.82, 2.24) is 5.32 Å². The van der Waals surface area contributed by atoms with E-state index in [2.05, 4.69) is 5.32 Å². The van der Waals surface area contributed by atoms with Gasteiger partial charge in [-0.05, 0) is 56.0 Å². The number of amides is 1. The standard InChI is InChI=1S/C24H26N2O4/c1-15-7-4-10-20(16(15)2)26-24-19(23(27)25-14-18-9-6-12-29-18)13-17-8-5-11-21(28-3)22(17)30-24/h4-5,7-8,10-11,13,18H,6,9,12,14H2,1-3H3,(H,25,27)/t18-/m1/s1. The van der Waals surface area contributed by atoms with Crippen LogP contribution in [0.2, 0.25) is 0 Å². The van der Waals surface area contributed by atoms with E-state index >= 15 is 0 Å². The number of hydrogen-bond donors (Lipinski definition) is 1. The first-order chi connectivity index (χ1) is 14.6. The molecule has 1 saturated heterocycles. The second-order valence-electron chi connectivity index (χ2n) is 7.52. The fraction of sp³-hybridized carbons (Fsp3) is 0.333. The Balaban J connectivity index is 1.82. The lowest BCUT2D eigenvalue weighted by atomic mass is 10.1. The molecule has 2 aromatic carbocycles. The number of rotatable bonds is 5. The zero-order chi connectivity index (χ0) is 21.1. The van der Waals surface area contributed by atoms with Gasteiger partial charge in [-0.2, -0.15) is 0 Å². The Morgan fingerprint density at radius 1 is 1.23 bits per heavy atom. The van der Waals surface area contributed by atoms with Gasteiger partial charge in [0.1, 0.15) is 5.56 Å². The summed E-state index contributed by atoms with van der Waals surface area (Å²) in [7, 11) is 1.59. The number of nitrogens with zero attached hydrogens (tertiary/aromatic N) is 1. The van der Waals surface area contributed by atoms with Crippen molar-refractivity contribution in [2.45, 2.75) is 32.8 Å². The van der Waals surface area contributed by atoms with Gasteiger partial charge in [-0.25, -0.2) is 4.99 Å². The lowest BCUT2D eigenvalue weighted by molar-refractivity contribution is 0.0854. The molecule has 0 bridgehead atoms. The Hall–Kier alpha value is -3.12. The molecule has 30 heavy (non-hydrogen) atoms. The summed E-state index contributed by atoms with van der Waals surface area (Å²) in [5, 5.41) is 3.75. The van der Waals surface area contributed by atoms with Crippen LogP contribution in [0.4, 0.5) is 5.69 Å². The fourth-order valence-electron chi connectivity index (χ4n) is 3.60. The molecule has 0 spiro atoms. The van der Waals surface area contributed by atoms with Gasteiger partial charge in [0, 0.05) is 18.5 Å². The molecule has 1 aliphatic heterocycles. The highest BCUT2D eigenvalue weighted by Gasteiger charge is 2.19. The predicted molar refractivity (Wildman–Crippen MR) is 115 cm³/mol. The van der Waals surface area contributed by atoms with Crippen molar-refractivity contribution >= 4 is 22.6 Å². The topological polar surface area (TPSA) is 73.1 Å². The fourth-order valence-corrected chi connectivity index (χ4v) is 3.60. The van der Waals surface area contributed by atoms with Gasteiger partial charge in [0.05, 0.1) is 18.9 Å². The van der Waals surface area contributed by atoms with E-state index < -0.39 is 0 Å². The predicted octanol–water partition coefficient (Wildman–Crippen LogP) is 4.20. The highest BCUT2D eigenvalue weighted by molar-refractivity contribution is 5.97. The average molecular weight is 406 g/mol. The molecule has 1 N–H and O–H groups in total. The van der Waals surface area contributed by atoms with Crippen molar-refractivity contribution in [2.24, 2.45) is 4.99 Å². The molecule has 4 rings (SSSR count). The van der Waals surface area contributed by atoms with E-state index in [9.17, 15) is 4.79 Å². The Morgan fingerprint density at radius 2 is 2.07 bits per heavy atom. The molecular weight excluding hydrogens is 380 g/mol. The molecule has 0 unspecified atom stereocenters. The molecule has 156 valence electrons. The quantitative estimate of drug-likeness (QED) is 0.689. The zero-order valence-corrected chi connectivity index (χ0v) is 17.5. The van der Waals surface area contributed by atoms with E-state index in [-0.39, 0.29) is 17.6 Å². The average Bonchev–Trinajstić information content (AvgIpc) is 3.28. The smallest absolute Gasteiger partial charge is 0.256 e. The number of carbonyl (C=O) groups excluding carboxylic acids is 1. The number of nitrogens with one attached hydrogen (secondary N) is 1. The highest BCUT2D eigenvalue weighted by atomic mass is 16.5. The Kier molecular flexibility index (Phi) is 5.86. The van der Waals surface area contributed by atoms with Crippen LogP contribution in [0, 0.1) is 13.8 Å². The largest absolute Gasteiger partial charge is 0.493 e. The minimum Gasteiger partial charge on any atom is -0.493 e. The monoisotopic (exact) mass is 406 g/mol. The number of carbonyl (C=O) groups is 1. The van der Waals surface area contributed by atoms with Gasteiger partial charge in [0.25, 0.3) is 5.91 Å². The van der Waals surface area contributed by atoms with Crippen LogP contribution >= 0.6 is 0 Å². The zero-order valence-electron chi connectivity index (χ0n) is 17.5. The molecule has 1 aromatic heterocycles. The number of hydrogen-bond acceptors (Lipinski definition) is 5. The molecule has 6 heteroatoms. The summed E-state index contributed by atoms with van der Waals surface area (Å²) in [5.41, 5.74) is 4.12. The number of methoxy groups -OCH3 is 1. The summed E-state index contributed by atoms with van der Waals surface area (Å²) in [4.78, 5) is 17.8.